The zero-order chi connectivity index (χ0) is 13.9. The van der Waals surface area contributed by atoms with Gasteiger partial charge in [0.05, 0.1) is 10.1 Å². The normalized spacial score (nSPS) is 19.0. The van der Waals surface area contributed by atoms with Crippen molar-refractivity contribution in [2.75, 3.05) is 0 Å². The first-order valence-corrected chi connectivity index (χ1v) is 8.53. The summed E-state index contributed by atoms with van der Waals surface area (Å²) in [6.45, 7) is 5.73. The van der Waals surface area contributed by atoms with Gasteiger partial charge in [-0.3, -0.25) is 0 Å². The van der Waals surface area contributed by atoms with Crippen molar-refractivity contribution < 1.29 is 8.42 Å². The predicted molar refractivity (Wildman–Crippen MR) is 78.9 cm³/mol. The quantitative estimate of drug-likeness (QED) is 0.783. The molecule has 0 radical (unpaired) electrons. The maximum absolute atomic E-state index is 12.7. The van der Waals surface area contributed by atoms with Crippen LogP contribution in [0, 0.1) is 12.8 Å². The molecule has 0 N–H and O–H groups in total. The van der Waals surface area contributed by atoms with Crippen LogP contribution in [0.3, 0.4) is 0 Å². The van der Waals surface area contributed by atoms with Gasteiger partial charge in [0.1, 0.15) is 0 Å². The van der Waals surface area contributed by atoms with Crippen molar-refractivity contribution in [2.24, 2.45) is 5.92 Å². The molecule has 1 fully saturated rings. The molecule has 0 saturated heterocycles. The third kappa shape index (κ3) is 3.08. The SMILES string of the molecule is C=C[C@@H](C1CCCCC1)S(=O)(=O)c1ccc(C)cc1. The Morgan fingerprint density at radius 2 is 1.74 bits per heavy atom. The second-order valence-corrected chi connectivity index (χ2v) is 7.56. The van der Waals surface area contributed by atoms with E-state index >= 15 is 0 Å². The van der Waals surface area contributed by atoms with E-state index in [0.717, 1.165) is 31.2 Å². The van der Waals surface area contributed by atoms with Gasteiger partial charge in [0.15, 0.2) is 9.84 Å². The van der Waals surface area contributed by atoms with E-state index in [9.17, 15) is 8.42 Å². The first-order valence-electron chi connectivity index (χ1n) is 6.99. The van der Waals surface area contributed by atoms with Crippen molar-refractivity contribution in [1.82, 2.24) is 0 Å². The van der Waals surface area contributed by atoms with E-state index in [1.807, 2.05) is 19.1 Å². The highest BCUT2D eigenvalue weighted by molar-refractivity contribution is 7.92. The summed E-state index contributed by atoms with van der Waals surface area (Å²) in [5, 5.41) is -0.435. The molecule has 0 amide bonds. The molecule has 0 aliphatic heterocycles. The average Bonchev–Trinajstić information content (AvgIpc) is 2.41. The first-order chi connectivity index (χ1) is 9.05. The fourth-order valence-corrected chi connectivity index (χ4v) is 4.78. The van der Waals surface area contributed by atoms with Gasteiger partial charge in [-0.1, -0.05) is 43.0 Å². The summed E-state index contributed by atoms with van der Waals surface area (Å²) in [7, 11) is -3.29. The van der Waals surface area contributed by atoms with Crippen LogP contribution >= 0.6 is 0 Å². The van der Waals surface area contributed by atoms with Gasteiger partial charge in [-0.25, -0.2) is 8.42 Å². The van der Waals surface area contributed by atoms with Crippen LogP contribution < -0.4 is 0 Å². The molecule has 2 nitrogen and oxygen atoms in total. The molecule has 19 heavy (non-hydrogen) atoms. The van der Waals surface area contributed by atoms with Crippen LogP contribution in [0.2, 0.25) is 0 Å². The maximum Gasteiger partial charge on any atom is 0.185 e. The summed E-state index contributed by atoms with van der Waals surface area (Å²) in [5.74, 6) is 0.234. The standard InChI is InChI=1S/C16H22O2S/c1-3-16(14-7-5-4-6-8-14)19(17,18)15-11-9-13(2)10-12-15/h3,9-12,14,16H,1,4-8H2,2H3/t16-/m0/s1. The van der Waals surface area contributed by atoms with Gasteiger partial charge in [-0.15, -0.1) is 6.58 Å². The van der Waals surface area contributed by atoms with E-state index in [0.29, 0.717) is 4.90 Å². The molecule has 1 saturated carbocycles. The van der Waals surface area contributed by atoms with Crippen LogP contribution in [0.4, 0.5) is 0 Å². The highest BCUT2D eigenvalue weighted by Crippen LogP contribution is 2.33. The molecule has 1 aromatic carbocycles. The van der Waals surface area contributed by atoms with Gasteiger partial charge in [0.25, 0.3) is 0 Å². The van der Waals surface area contributed by atoms with E-state index in [1.54, 1.807) is 18.2 Å². The average molecular weight is 278 g/mol. The third-order valence-corrected chi connectivity index (χ3v) is 6.28. The van der Waals surface area contributed by atoms with E-state index in [4.69, 9.17) is 0 Å². The van der Waals surface area contributed by atoms with Crippen LogP contribution in [0.1, 0.15) is 37.7 Å². The summed E-state index contributed by atoms with van der Waals surface area (Å²) in [5.41, 5.74) is 1.08. The van der Waals surface area contributed by atoms with E-state index in [1.165, 1.54) is 6.42 Å². The molecule has 3 heteroatoms. The maximum atomic E-state index is 12.7. The lowest BCUT2D eigenvalue weighted by Gasteiger charge is -2.28. The topological polar surface area (TPSA) is 34.1 Å². The highest BCUT2D eigenvalue weighted by atomic mass is 32.2. The van der Waals surface area contributed by atoms with Crippen molar-refractivity contribution in [3.8, 4) is 0 Å². The first kappa shape index (κ1) is 14.3. The van der Waals surface area contributed by atoms with Gasteiger partial charge < -0.3 is 0 Å². The fraction of sp³-hybridized carbons (Fsp3) is 0.500. The Kier molecular flexibility index (Phi) is 4.46. The molecule has 0 spiro atoms. The van der Waals surface area contributed by atoms with Crippen molar-refractivity contribution in [3.63, 3.8) is 0 Å². The number of hydrogen-bond donors (Lipinski definition) is 0. The number of benzene rings is 1. The summed E-state index contributed by atoms with van der Waals surface area (Å²) in [4.78, 5) is 0.425. The number of sulfone groups is 1. The van der Waals surface area contributed by atoms with E-state index in [2.05, 4.69) is 6.58 Å². The van der Waals surface area contributed by atoms with E-state index < -0.39 is 15.1 Å². The van der Waals surface area contributed by atoms with Crippen molar-refractivity contribution in [3.05, 3.63) is 42.5 Å². The Labute approximate surface area is 116 Å². The van der Waals surface area contributed by atoms with Crippen molar-refractivity contribution in [1.29, 1.82) is 0 Å². The Bertz CT molecular complexity index is 522. The van der Waals surface area contributed by atoms with Gasteiger partial charge in [0, 0.05) is 0 Å². The zero-order valence-electron chi connectivity index (χ0n) is 11.5. The minimum Gasteiger partial charge on any atom is -0.223 e. The van der Waals surface area contributed by atoms with Crippen LogP contribution in [-0.2, 0) is 9.84 Å². The molecule has 1 aliphatic rings. The molecule has 0 heterocycles. The van der Waals surface area contributed by atoms with Crippen LogP contribution in [0.5, 0.6) is 0 Å². The Morgan fingerprint density at radius 3 is 2.26 bits per heavy atom. The van der Waals surface area contributed by atoms with Crippen LogP contribution in [-0.4, -0.2) is 13.7 Å². The lowest BCUT2D eigenvalue weighted by molar-refractivity contribution is 0.360. The Hall–Kier alpha value is -1.09. The second kappa shape index (κ2) is 5.91. The smallest absolute Gasteiger partial charge is 0.185 e. The second-order valence-electron chi connectivity index (χ2n) is 5.46. The van der Waals surface area contributed by atoms with Crippen molar-refractivity contribution >= 4 is 9.84 Å². The molecule has 1 atom stereocenters. The van der Waals surface area contributed by atoms with Gasteiger partial charge in [-0.05, 0) is 37.8 Å². The summed E-state index contributed by atoms with van der Waals surface area (Å²) >= 11 is 0. The fourth-order valence-electron chi connectivity index (χ4n) is 2.92. The van der Waals surface area contributed by atoms with Gasteiger partial charge in [-0.2, -0.15) is 0 Å². The van der Waals surface area contributed by atoms with Gasteiger partial charge >= 0.3 is 0 Å². The Morgan fingerprint density at radius 1 is 1.16 bits per heavy atom. The highest BCUT2D eigenvalue weighted by Gasteiger charge is 2.32. The lowest BCUT2D eigenvalue weighted by Crippen LogP contribution is -2.29. The minimum absolute atomic E-state index is 0.234. The molecular formula is C16H22O2S. The molecular weight excluding hydrogens is 256 g/mol. The lowest BCUT2D eigenvalue weighted by atomic mass is 9.87. The predicted octanol–water partition coefficient (Wildman–Crippen LogP) is 3.90. The molecule has 0 bridgehead atoms. The van der Waals surface area contributed by atoms with E-state index in [-0.39, 0.29) is 5.92 Å². The third-order valence-electron chi connectivity index (χ3n) is 4.05. The molecule has 1 aromatic rings. The number of aryl methyl sites for hydroxylation is 1. The molecule has 1 aliphatic carbocycles. The van der Waals surface area contributed by atoms with Crippen LogP contribution in [0.25, 0.3) is 0 Å². The summed E-state index contributed by atoms with van der Waals surface area (Å²) in [6.07, 6.45) is 7.14. The molecule has 104 valence electrons. The monoisotopic (exact) mass is 278 g/mol. The van der Waals surface area contributed by atoms with Crippen molar-refractivity contribution in [2.45, 2.75) is 49.2 Å². The molecule has 0 aromatic heterocycles. The van der Waals surface area contributed by atoms with Gasteiger partial charge in [0.2, 0.25) is 0 Å². The largest absolute Gasteiger partial charge is 0.223 e. The molecule has 2 rings (SSSR count). The van der Waals surface area contributed by atoms with Crippen LogP contribution in [0.15, 0.2) is 41.8 Å². The minimum atomic E-state index is -3.29. The Balaban J connectivity index is 2.30. The summed E-state index contributed by atoms with van der Waals surface area (Å²) < 4.78 is 25.4. The number of rotatable bonds is 4. The molecule has 0 unspecified atom stereocenters. The number of hydrogen-bond acceptors (Lipinski definition) is 2. The zero-order valence-corrected chi connectivity index (χ0v) is 12.3. The summed E-state index contributed by atoms with van der Waals surface area (Å²) in [6, 6.07) is 7.13.